The van der Waals surface area contributed by atoms with Crippen LogP contribution in [-0.4, -0.2) is 76.9 Å². The lowest BCUT2D eigenvalue weighted by molar-refractivity contribution is -0.159. The molecule has 0 atom stereocenters. The topological polar surface area (TPSA) is 107 Å². The number of piperazine rings is 1. The van der Waals surface area contributed by atoms with E-state index in [1.807, 2.05) is 29.2 Å². The van der Waals surface area contributed by atoms with Crippen LogP contribution in [0.15, 0.2) is 57.9 Å². The van der Waals surface area contributed by atoms with Crippen LogP contribution in [0.4, 0.5) is 0 Å². The zero-order chi connectivity index (χ0) is 23.5. The molecule has 2 aromatic rings. The Hall–Kier alpha value is -2.56. The van der Waals surface area contributed by atoms with E-state index in [9.17, 15) is 4.79 Å². The van der Waals surface area contributed by atoms with Gasteiger partial charge in [0.1, 0.15) is 5.75 Å². The van der Waals surface area contributed by atoms with Gasteiger partial charge in [-0.3, -0.25) is 9.69 Å². The van der Waals surface area contributed by atoms with E-state index in [1.165, 1.54) is 10.5 Å². The summed E-state index contributed by atoms with van der Waals surface area (Å²) >= 11 is 5.15. The first-order chi connectivity index (χ1) is 15.3. The van der Waals surface area contributed by atoms with E-state index in [2.05, 4.69) is 51.4 Å². The van der Waals surface area contributed by atoms with Crippen LogP contribution in [0.25, 0.3) is 0 Å². The van der Waals surface area contributed by atoms with E-state index < -0.39 is 11.9 Å². The molecule has 1 aliphatic rings. The number of aliphatic carboxylic acids is 2. The minimum atomic E-state index is -1.82. The highest BCUT2D eigenvalue weighted by Gasteiger charge is 2.21. The first-order valence-electron chi connectivity index (χ1n) is 9.76. The van der Waals surface area contributed by atoms with Gasteiger partial charge in [-0.2, -0.15) is 0 Å². The maximum Gasteiger partial charge on any atom is 0.414 e. The van der Waals surface area contributed by atoms with Crippen LogP contribution in [0.1, 0.15) is 5.56 Å². The third kappa shape index (κ3) is 8.89. The number of carbonyl (C=O) groups is 3. The third-order valence-corrected chi connectivity index (χ3v) is 5.92. The average Bonchev–Trinajstić information content (AvgIpc) is 2.80. The summed E-state index contributed by atoms with van der Waals surface area (Å²) < 4.78 is 6.59. The fourth-order valence-corrected chi connectivity index (χ4v) is 3.58. The Morgan fingerprint density at radius 3 is 2.00 bits per heavy atom. The first-order valence-corrected chi connectivity index (χ1v) is 11.8. The van der Waals surface area contributed by atoms with E-state index in [1.54, 1.807) is 11.8 Å². The standard InChI is InChI=1S/C20H23BrN2O2S.C2H2O4/c1-26-19-8-2-16(3-9-19)14-22-10-12-23(13-11-22)20(24)15-25-18-6-4-17(21)5-7-18;3-1(4)2(5)6/h2-9H,10-15H2,1H3;(H,3,4)(H,5,6). The number of ether oxygens (including phenoxy) is 1. The molecule has 0 bridgehead atoms. The zero-order valence-corrected chi connectivity index (χ0v) is 20.0. The Balaban J connectivity index is 0.000000534. The Labute approximate surface area is 199 Å². The Bertz CT molecular complexity index is 888. The number of nitrogens with zero attached hydrogens (tertiary/aromatic N) is 2. The van der Waals surface area contributed by atoms with Crippen molar-refractivity contribution in [2.45, 2.75) is 11.4 Å². The summed E-state index contributed by atoms with van der Waals surface area (Å²) in [6, 6.07) is 16.2. The van der Waals surface area contributed by atoms with Gasteiger partial charge in [0.15, 0.2) is 6.61 Å². The molecule has 32 heavy (non-hydrogen) atoms. The Morgan fingerprint density at radius 1 is 0.938 bits per heavy atom. The summed E-state index contributed by atoms with van der Waals surface area (Å²) in [5, 5.41) is 14.8. The average molecular weight is 525 g/mol. The molecule has 0 saturated carbocycles. The van der Waals surface area contributed by atoms with Crippen molar-refractivity contribution < 1.29 is 29.3 Å². The van der Waals surface area contributed by atoms with Crippen LogP contribution < -0.4 is 4.74 Å². The molecule has 1 fully saturated rings. The number of carboxylic acids is 2. The molecule has 8 nitrogen and oxygen atoms in total. The van der Waals surface area contributed by atoms with Gasteiger partial charge in [-0.05, 0) is 48.2 Å². The van der Waals surface area contributed by atoms with Crippen LogP contribution in [0.3, 0.4) is 0 Å². The molecule has 3 rings (SSSR count). The molecule has 2 aromatic carbocycles. The molecule has 1 saturated heterocycles. The molecule has 1 aliphatic heterocycles. The molecule has 0 aromatic heterocycles. The molecule has 0 spiro atoms. The Morgan fingerprint density at radius 2 is 1.50 bits per heavy atom. The lowest BCUT2D eigenvalue weighted by atomic mass is 10.2. The number of benzene rings is 2. The van der Waals surface area contributed by atoms with Gasteiger partial charge < -0.3 is 19.8 Å². The quantitative estimate of drug-likeness (QED) is 0.438. The Kier molecular flexibility index (Phi) is 10.5. The first kappa shape index (κ1) is 25.7. The molecule has 0 radical (unpaired) electrons. The molecule has 2 N–H and O–H groups in total. The van der Waals surface area contributed by atoms with Gasteiger partial charge in [0.05, 0.1) is 0 Å². The van der Waals surface area contributed by atoms with Crippen molar-refractivity contribution in [3.05, 3.63) is 58.6 Å². The monoisotopic (exact) mass is 524 g/mol. The summed E-state index contributed by atoms with van der Waals surface area (Å²) in [6.45, 7) is 4.34. The van der Waals surface area contributed by atoms with Crippen molar-refractivity contribution >= 4 is 45.5 Å². The lowest BCUT2D eigenvalue weighted by Gasteiger charge is -2.34. The van der Waals surface area contributed by atoms with Gasteiger partial charge in [0.25, 0.3) is 5.91 Å². The van der Waals surface area contributed by atoms with Gasteiger partial charge in [-0.25, -0.2) is 9.59 Å². The van der Waals surface area contributed by atoms with Crippen LogP contribution in [0.2, 0.25) is 0 Å². The number of halogens is 1. The van der Waals surface area contributed by atoms with Crippen LogP contribution in [0.5, 0.6) is 5.75 Å². The zero-order valence-electron chi connectivity index (χ0n) is 17.6. The maximum atomic E-state index is 12.3. The molecule has 1 amide bonds. The van der Waals surface area contributed by atoms with Gasteiger partial charge in [0.2, 0.25) is 0 Å². The smallest absolute Gasteiger partial charge is 0.414 e. The molecular weight excluding hydrogens is 500 g/mol. The van der Waals surface area contributed by atoms with Crippen LogP contribution >= 0.6 is 27.7 Å². The predicted octanol–water partition coefficient (Wildman–Crippen LogP) is 3.05. The molecule has 0 aliphatic carbocycles. The highest BCUT2D eigenvalue weighted by atomic mass is 79.9. The molecular formula is C22H25BrN2O6S. The van der Waals surface area contributed by atoms with E-state index in [-0.39, 0.29) is 12.5 Å². The van der Waals surface area contributed by atoms with E-state index >= 15 is 0 Å². The van der Waals surface area contributed by atoms with Crippen LogP contribution in [0, 0.1) is 0 Å². The number of carboxylic acid groups (broad SMARTS) is 2. The van der Waals surface area contributed by atoms with E-state index in [0.29, 0.717) is 5.75 Å². The van der Waals surface area contributed by atoms with Crippen LogP contribution in [-0.2, 0) is 20.9 Å². The number of hydrogen-bond acceptors (Lipinski definition) is 6. The SMILES string of the molecule is CSc1ccc(CN2CCN(C(=O)COc3ccc(Br)cc3)CC2)cc1.O=C(O)C(=O)O. The van der Waals surface area contributed by atoms with Crippen molar-refractivity contribution in [3.63, 3.8) is 0 Å². The fraction of sp³-hybridized carbons (Fsp3) is 0.318. The summed E-state index contributed by atoms with van der Waals surface area (Å²) in [5.41, 5.74) is 1.32. The summed E-state index contributed by atoms with van der Waals surface area (Å²) in [4.78, 5) is 36.1. The molecule has 172 valence electrons. The minimum absolute atomic E-state index is 0.0527. The molecule has 1 heterocycles. The second-order valence-electron chi connectivity index (χ2n) is 6.86. The van der Waals surface area contributed by atoms with Crippen molar-refractivity contribution in [3.8, 4) is 5.75 Å². The fourth-order valence-electron chi connectivity index (χ4n) is 2.91. The number of hydrogen-bond donors (Lipinski definition) is 2. The number of carbonyl (C=O) groups excluding carboxylic acids is 1. The summed E-state index contributed by atoms with van der Waals surface area (Å²) in [7, 11) is 0. The normalized spacial score (nSPS) is 13.6. The highest BCUT2D eigenvalue weighted by molar-refractivity contribution is 9.10. The van der Waals surface area contributed by atoms with Crippen molar-refractivity contribution in [1.29, 1.82) is 0 Å². The van der Waals surface area contributed by atoms with Gasteiger partial charge in [0, 0.05) is 42.1 Å². The third-order valence-electron chi connectivity index (χ3n) is 4.65. The maximum absolute atomic E-state index is 12.3. The number of rotatable bonds is 6. The number of thioether (sulfide) groups is 1. The number of amides is 1. The van der Waals surface area contributed by atoms with E-state index in [0.717, 1.165) is 37.2 Å². The molecule has 10 heteroatoms. The minimum Gasteiger partial charge on any atom is -0.484 e. The largest absolute Gasteiger partial charge is 0.484 e. The second kappa shape index (κ2) is 13.1. The van der Waals surface area contributed by atoms with Crippen molar-refractivity contribution in [2.75, 3.05) is 39.0 Å². The summed E-state index contributed by atoms with van der Waals surface area (Å²) in [5.74, 6) is -2.88. The summed E-state index contributed by atoms with van der Waals surface area (Å²) in [6.07, 6.45) is 2.09. The van der Waals surface area contributed by atoms with Gasteiger partial charge in [-0.15, -0.1) is 11.8 Å². The van der Waals surface area contributed by atoms with Gasteiger partial charge in [-0.1, -0.05) is 28.1 Å². The highest BCUT2D eigenvalue weighted by Crippen LogP contribution is 2.17. The van der Waals surface area contributed by atoms with Crippen molar-refractivity contribution in [1.82, 2.24) is 9.80 Å². The van der Waals surface area contributed by atoms with Gasteiger partial charge >= 0.3 is 11.9 Å². The lowest BCUT2D eigenvalue weighted by Crippen LogP contribution is -2.49. The van der Waals surface area contributed by atoms with Crippen molar-refractivity contribution in [2.24, 2.45) is 0 Å². The second-order valence-corrected chi connectivity index (χ2v) is 8.65. The predicted molar refractivity (Wildman–Crippen MR) is 125 cm³/mol. The van der Waals surface area contributed by atoms with E-state index in [4.69, 9.17) is 24.5 Å². The molecule has 0 unspecified atom stereocenters.